The fourth-order valence-corrected chi connectivity index (χ4v) is 13.4. The van der Waals surface area contributed by atoms with E-state index in [1.807, 2.05) is 13.8 Å². The number of fused-ring (bicyclic) bond motifs is 9. The number of aliphatic hydroxyl groups excluding tert-OH is 5. The molecule has 6 fully saturated rings. The molecule has 290 valence electrons. The standard InChI is InChI=1S/C40H64O11/c1-8-9-27-48-20-36(4)25-13-14-38(6)26(35(25,3)18-23(42)32(36)50-27)11-10-22-31-39(7,47)21(2)12-15-40(31,17-16-37(22,38)5)34(46)51-33-30(45)29(44)28(43)24(19-41)49-33/h10,21,23-33,41-45,47H,8-9,11-20H2,1-7H3/t21-,23-,24-,25-,26-,27?,28-,29+,30-,31-,32+,33+,35+,36+,37-,38-,39-,40+/m1/s1. The van der Waals surface area contributed by atoms with Crippen molar-refractivity contribution in [3.8, 4) is 0 Å². The summed E-state index contributed by atoms with van der Waals surface area (Å²) in [5, 5.41) is 65.6. The molecule has 18 atom stereocenters. The molecule has 1 unspecified atom stereocenters. The van der Waals surface area contributed by atoms with Crippen LogP contribution >= 0.6 is 0 Å². The van der Waals surface area contributed by atoms with Gasteiger partial charge in [-0.1, -0.05) is 59.6 Å². The average Bonchev–Trinajstić information content (AvgIpc) is 3.07. The molecule has 6 N–H and O–H groups in total. The molecule has 2 heterocycles. The average molecular weight is 721 g/mol. The largest absolute Gasteiger partial charge is 0.432 e. The second kappa shape index (κ2) is 12.7. The first-order valence-electron chi connectivity index (χ1n) is 19.8. The molecule has 5 aliphatic carbocycles. The van der Waals surface area contributed by atoms with Gasteiger partial charge in [-0.2, -0.15) is 0 Å². The normalized spacial score (nSPS) is 56.7. The van der Waals surface area contributed by atoms with Gasteiger partial charge < -0.3 is 49.6 Å². The van der Waals surface area contributed by atoms with E-state index in [4.69, 9.17) is 18.9 Å². The zero-order valence-corrected chi connectivity index (χ0v) is 31.7. The second-order valence-electron chi connectivity index (χ2n) is 19.0. The molecule has 0 radical (unpaired) electrons. The summed E-state index contributed by atoms with van der Waals surface area (Å²) in [6.07, 6.45) is 0.863. The Bertz CT molecular complexity index is 1380. The minimum atomic E-state index is -1.70. The lowest BCUT2D eigenvalue weighted by Crippen LogP contribution is -2.71. The van der Waals surface area contributed by atoms with Crippen LogP contribution in [0, 0.1) is 50.7 Å². The zero-order chi connectivity index (χ0) is 37.1. The summed E-state index contributed by atoms with van der Waals surface area (Å²) in [7, 11) is 0. The number of ether oxygens (including phenoxy) is 4. The van der Waals surface area contributed by atoms with Gasteiger partial charge in [0.2, 0.25) is 6.29 Å². The SMILES string of the molecule is CCCC1OC[C@@]2(C)[C@@H]3CC[C@]4(C)[C@H](CC=C5[C@H]6[C@](C(=O)O[C@@H]7O[C@H](CO)[C@@H](O)[C@H](O)[C@H]7O)(CC[C@@H](C)[C@@]6(C)O)CC[C@]54C)[C@@]3(C)C[C@@H](O)[C@@H]2O1. The fourth-order valence-electron chi connectivity index (χ4n) is 13.4. The predicted octanol–water partition coefficient (Wildman–Crippen LogP) is 3.59. The molecule has 0 aromatic heterocycles. The lowest BCUT2D eigenvalue weighted by Gasteiger charge is -2.72. The third kappa shape index (κ3) is 5.18. The zero-order valence-electron chi connectivity index (χ0n) is 31.7. The summed E-state index contributed by atoms with van der Waals surface area (Å²) in [4.78, 5) is 14.6. The van der Waals surface area contributed by atoms with Crippen LogP contribution in [0.5, 0.6) is 0 Å². The smallest absolute Gasteiger partial charge is 0.315 e. The number of hydrogen-bond acceptors (Lipinski definition) is 11. The molecule has 51 heavy (non-hydrogen) atoms. The van der Waals surface area contributed by atoms with E-state index in [9.17, 15) is 35.4 Å². The van der Waals surface area contributed by atoms with Crippen molar-refractivity contribution in [2.24, 2.45) is 50.7 Å². The van der Waals surface area contributed by atoms with Crippen molar-refractivity contribution in [1.29, 1.82) is 0 Å². The van der Waals surface area contributed by atoms with Gasteiger partial charge in [0.15, 0.2) is 6.29 Å². The van der Waals surface area contributed by atoms with Crippen LogP contribution in [0.3, 0.4) is 0 Å². The molecule has 0 aromatic carbocycles. The van der Waals surface area contributed by atoms with Gasteiger partial charge in [-0.3, -0.25) is 4.79 Å². The van der Waals surface area contributed by atoms with Crippen LogP contribution in [0.15, 0.2) is 11.6 Å². The van der Waals surface area contributed by atoms with Crippen LogP contribution in [0.4, 0.5) is 0 Å². The molecular weight excluding hydrogens is 656 g/mol. The van der Waals surface area contributed by atoms with Gasteiger partial charge in [-0.05, 0) is 98.7 Å². The summed E-state index contributed by atoms with van der Waals surface area (Å²) >= 11 is 0. The summed E-state index contributed by atoms with van der Waals surface area (Å²) in [6.45, 7) is 15.4. The van der Waals surface area contributed by atoms with Crippen LogP contribution in [-0.2, 0) is 23.7 Å². The highest BCUT2D eigenvalue weighted by Gasteiger charge is 2.73. The number of rotatable bonds is 5. The minimum Gasteiger partial charge on any atom is -0.432 e. The van der Waals surface area contributed by atoms with Gasteiger partial charge in [0.1, 0.15) is 24.4 Å². The molecule has 0 amide bonds. The van der Waals surface area contributed by atoms with E-state index in [-0.39, 0.29) is 45.9 Å². The van der Waals surface area contributed by atoms with Crippen molar-refractivity contribution >= 4 is 5.97 Å². The molecule has 4 saturated carbocycles. The number of carbonyl (C=O) groups excluding carboxylic acids is 1. The molecular formula is C40H64O11. The summed E-state index contributed by atoms with van der Waals surface area (Å²) in [6, 6.07) is 0. The number of esters is 1. The number of carbonyl (C=O) groups is 1. The first kappa shape index (κ1) is 38.1. The topological polar surface area (TPSA) is 175 Å². The van der Waals surface area contributed by atoms with Gasteiger partial charge in [0.25, 0.3) is 0 Å². The maximum absolute atomic E-state index is 14.6. The van der Waals surface area contributed by atoms with Crippen LogP contribution in [0.2, 0.25) is 0 Å². The van der Waals surface area contributed by atoms with Crippen LogP contribution < -0.4 is 0 Å². The van der Waals surface area contributed by atoms with Gasteiger partial charge >= 0.3 is 5.97 Å². The van der Waals surface area contributed by atoms with Crippen molar-refractivity contribution in [3.63, 3.8) is 0 Å². The van der Waals surface area contributed by atoms with E-state index in [0.717, 1.165) is 37.7 Å². The Kier molecular flexibility index (Phi) is 9.50. The number of allylic oxidation sites excluding steroid dienone is 1. The first-order valence-corrected chi connectivity index (χ1v) is 19.8. The van der Waals surface area contributed by atoms with Crippen molar-refractivity contribution in [2.45, 2.75) is 167 Å². The minimum absolute atomic E-state index is 0.0917. The Hall–Kier alpha value is -1.15. The van der Waals surface area contributed by atoms with Crippen molar-refractivity contribution < 1.29 is 54.4 Å². The molecule has 11 nitrogen and oxygen atoms in total. The van der Waals surface area contributed by atoms with E-state index >= 15 is 0 Å². The first-order chi connectivity index (χ1) is 23.9. The van der Waals surface area contributed by atoms with Crippen LogP contribution in [-0.4, -0.2) is 105 Å². The number of hydrogen-bond donors (Lipinski definition) is 6. The lowest BCUT2D eigenvalue weighted by molar-refractivity contribution is -0.337. The van der Waals surface area contributed by atoms with E-state index < -0.39 is 66.3 Å². The molecule has 0 spiro atoms. The van der Waals surface area contributed by atoms with Gasteiger partial charge in [0, 0.05) is 11.3 Å². The highest BCUT2D eigenvalue weighted by Crippen LogP contribution is 2.76. The Labute approximate surface area is 303 Å². The third-order valence-electron chi connectivity index (χ3n) is 16.7. The Morgan fingerprint density at radius 2 is 1.65 bits per heavy atom. The van der Waals surface area contributed by atoms with E-state index in [1.165, 1.54) is 0 Å². The highest BCUT2D eigenvalue weighted by atomic mass is 16.7. The molecule has 0 bridgehead atoms. The number of aliphatic hydroxyl groups is 6. The molecule has 7 aliphatic rings. The lowest BCUT2D eigenvalue weighted by atomic mass is 9.33. The maximum Gasteiger partial charge on any atom is 0.315 e. The predicted molar refractivity (Wildman–Crippen MR) is 186 cm³/mol. The fraction of sp³-hybridized carbons (Fsp3) is 0.925. The summed E-state index contributed by atoms with van der Waals surface area (Å²) < 4.78 is 24.4. The van der Waals surface area contributed by atoms with E-state index in [1.54, 1.807) is 0 Å². The van der Waals surface area contributed by atoms with E-state index in [2.05, 4.69) is 40.7 Å². The van der Waals surface area contributed by atoms with Crippen molar-refractivity contribution in [3.05, 3.63) is 11.6 Å². The second-order valence-corrected chi connectivity index (χ2v) is 19.0. The van der Waals surface area contributed by atoms with E-state index in [0.29, 0.717) is 44.6 Å². The highest BCUT2D eigenvalue weighted by molar-refractivity contribution is 5.79. The van der Waals surface area contributed by atoms with Crippen molar-refractivity contribution in [1.82, 2.24) is 0 Å². The summed E-state index contributed by atoms with van der Waals surface area (Å²) in [5.41, 5.74) is -2.28. The molecule has 2 saturated heterocycles. The van der Waals surface area contributed by atoms with Gasteiger partial charge in [-0.15, -0.1) is 0 Å². The van der Waals surface area contributed by atoms with Crippen molar-refractivity contribution in [2.75, 3.05) is 13.2 Å². The third-order valence-corrected chi connectivity index (χ3v) is 16.7. The Balaban J connectivity index is 1.24. The molecule has 7 rings (SSSR count). The van der Waals surface area contributed by atoms with Gasteiger partial charge in [0.05, 0.1) is 36.4 Å². The quantitative estimate of drug-likeness (QED) is 0.181. The Morgan fingerprint density at radius 3 is 2.33 bits per heavy atom. The summed E-state index contributed by atoms with van der Waals surface area (Å²) in [5.74, 6) is -0.694. The monoisotopic (exact) mass is 720 g/mol. The Morgan fingerprint density at radius 1 is 0.922 bits per heavy atom. The molecule has 2 aliphatic heterocycles. The van der Waals surface area contributed by atoms with Crippen LogP contribution in [0.1, 0.15) is 113 Å². The maximum atomic E-state index is 14.6. The molecule has 11 heteroatoms. The molecule has 0 aromatic rings. The van der Waals surface area contributed by atoms with Crippen LogP contribution in [0.25, 0.3) is 0 Å². The van der Waals surface area contributed by atoms with Gasteiger partial charge in [-0.25, -0.2) is 0 Å².